The molecule has 3 rings (SSSR count). The predicted molar refractivity (Wildman–Crippen MR) is 195 cm³/mol. The molecule has 1 fully saturated rings. The monoisotopic (exact) mass is 617 g/mol. The summed E-state index contributed by atoms with van der Waals surface area (Å²) in [7, 11) is 2.05. The van der Waals surface area contributed by atoms with E-state index in [0.29, 0.717) is 0 Å². The maximum atomic E-state index is 11.7. The van der Waals surface area contributed by atoms with Crippen LogP contribution in [0.25, 0.3) is 0 Å². The Labute approximate surface area is 275 Å². The van der Waals surface area contributed by atoms with Gasteiger partial charge in [0.05, 0.1) is 6.10 Å². The summed E-state index contributed by atoms with van der Waals surface area (Å²) in [5.41, 5.74) is 9.04. The highest BCUT2D eigenvalue weighted by molar-refractivity contribution is 5.50. The molecule has 5 N–H and O–H groups in total. The van der Waals surface area contributed by atoms with Crippen LogP contribution in [0.5, 0.6) is 0 Å². The van der Waals surface area contributed by atoms with E-state index >= 15 is 0 Å². The zero-order valence-corrected chi connectivity index (χ0v) is 29.4. The zero-order valence-electron chi connectivity index (χ0n) is 29.4. The molecule has 45 heavy (non-hydrogen) atoms. The molecule has 3 aliphatic carbocycles. The molecule has 0 aromatic heterocycles. The number of aliphatic hydroxyl groups excluding tert-OH is 1. The lowest BCUT2D eigenvalue weighted by atomic mass is 9.69. The van der Waals surface area contributed by atoms with Crippen molar-refractivity contribution in [2.45, 2.75) is 117 Å². The van der Waals surface area contributed by atoms with Crippen LogP contribution in [0.1, 0.15) is 92.4 Å². The van der Waals surface area contributed by atoms with Crippen molar-refractivity contribution in [2.24, 2.45) is 17.3 Å². The summed E-state index contributed by atoms with van der Waals surface area (Å²) in [5, 5.41) is 26.1. The van der Waals surface area contributed by atoms with E-state index in [0.717, 1.165) is 82.1 Å². The van der Waals surface area contributed by atoms with Gasteiger partial charge >= 0.3 is 0 Å². The minimum Gasteiger partial charge on any atom is -0.392 e. The van der Waals surface area contributed by atoms with E-state index in [1.165, 1.54) is 27.9 Å². The standard InChI is InChI=1S/C40H64N4O/c1-11-43-37-24-38(44-29(5)25-40(7,8)9)35(39(45)30(37)6)23-32-22-31(19-20-36(32)41-10)26-42-21-15-14-16-28(4)34-18-13-12-17-33(34)27(2)3/h11-12,17,19,22,30,35-39,41-45H,1-2,4-5,13-16,18,20-21,23-26H2,3,6-10H3/t30-,35+,36+,37?,38?,39?/m0/s1. The Bertz CT molecular complexity index is 1180. The lowest BCUT2D eigenvalue weighted by Crippen LogP contribution is -2.56. The fraction of sp³-hybridized carbons (Fsp3) is 0.600. The van der Waals surface area contributed by atoms with Crippen LogP contribution in [0, 0.1) is 17.3 Å². The molecular formula is C40H64N4O. The highest BCUT2D eigenvalue weighted by atomic mass is 16.3. The molecule has 5 nitrogen and oxygen atoms in total. The second kappa shape index (κ2) is 17.4. The Morgan fingerprint density at radius 3 is 2.56 bits per heavy atom. The smallest absolute Gasteiger partial charge is 0.0636 e. The molecular weight excluding hydrogens is 552 g/mol. The molecule has 1 saturated carbocycles. The number of aliphatic hydroxyl groups is 1. The van der Waals surface area contributed by atoms with Crippen LogP contribution in [0.3, 0.4) is 0 Å². The van der Waals surface area contributed by atoms with E-state index in [4.69, 9.17) is 0 Å². The predicted octanol–water partition coefficient (Wildman–Crippen LogP) is 7.79. The summed E-state index contributed by atoms with van der Waals surface area (Å²) in [6.45, 7) is 29.7. The molecule has 0 amide bonds. The third kappa shape index (κ3) is 11.0. The fourth-order valence-corrected chi connectivity index (χ4v) is 7.40. The molecule has 0 heterocycles. The Morgan fingerprint density at radius 2 is 1.89 bits per heavy atom. The van der Waals surface area contributed by atoms with Crippen molar-refractivity contribution in [3.8, 4) is 0 Å². The van der Waals surface area contributed by atoms with E-state index < -0.39 is 6.10 Å². The van der Waals surface area contributed by atoms with Crippen LogP contribution in [0.15, 0.2) is 96.0 Å². The van der Waals surface area contributed by atoms with Gasteiger partial charge in [0.25, 0.3) is 0 Å². The Hall–Kier alpha value is -2.60. The minimum atomic E-state index is -0.427. The molecule has 0 spiro atoms. The molecule has 6 atom stereocenters. The third-order valence-corrected chi connectivity index (χ3v) is 9.82. The van der Waals surface area contributed by atoms with Crippen molar-refractivity contribution < 1.29 is 5.11 Å². The SMILES string of the molecule is C=CNC1CC(NC(=C)CC(C)(C)C)[C@@H](CC2=CC(CNCCCCC(=C)C3=C(C(=C)C)C=CCC3)=CC[C@H]2NC)C(O)[C@H]1C. The molecule has 3 aliphatic rings. The van der Waals surface area contributed by atoms with Gasteiger partial charge in [0.2, 0.25) is 0 Å². The Kier molecular flexibility index (Phi) is 14.2. The van der Waals surface area contributed by atoms with Crippen molar-refractivity contribution in [1.29, 1.82) is 0 Å². The lowest BCUT2D eigenvalue weighted by molar-refractivity contribution is -0.00808. The molecule has 0 aromatic carbocycles. The Balaban J connectivity index is 1.59. The van der Waals surface area contributed by atoms with E-state index in [2.05, 4.69) is 107 Å². The van der Waals surface area contributed by atoms with E-state index in [9.17, 15) is 5.11 Å². The van der Waals surface area contributed by atoms with Gasteiger partial charge in [-0.1, -0.05) is 95.0 Å². The summed E-state index contributed by atoms with van der Waals surface area (Å²) in [4.78, 5) is 0. The average Bonchev–Trinajstić information content (AvgIpc) is 2.98. The number of rotatable bonds is 17. The van der Waals surface area contributed by atoms with Gasteiger partial charge < -0.3 is 26.4 Å². The number of unbranched alkanes of at least 4 members (excludes halogenated alkanes) is 1. The number of likely N-dealkylation sites (N-methyl/N-ethyl adjacent to an activating group) is 1. The average molecular weight is 617 g/mol. The van der Waals surface area contributed by atoms with Crippen LogP contribution in [-0.2, 0) is 0 Å². The largest absolute Gasteiger partial charge is 0.392 e. The first-order chi connectivity index (χ1) is 21.3. The summed E-state index contributed by atoms with van der Waals surface area (Å²) in [6.07, 6.45) is 19.7. The van der Waals surface area contributed by atoms with Crippen LogP contribution < -0.4 is 21.3 Å². The molecule has 5 heteroatoms. The normalized spacial score (nSPS) is 27.0. The van der Waals surface area contributed by atoms with Gasteiger partial charge in [-0.05, 0) is 107 Å². The van der Waals surface area contributed by atoms with Crippen LogP contribution in [-0.4, -0.2) is 49.5 Å². The molecule has 0 aliphatic heterocycles. The summed E-state index contributed by atoms with van der Waals surface area (Å²) < 4.78 is 0. The van der Waals surface area contributed by atoms with Crippen molar-refractivity contribution >= 4 is 0 Å². The molecule has 0 radical (unpaired) electrons. The molecule has 3 unspecified atom stereocenters. The number of nitrogens with one attached hydrogen (secondary N) is 4. The molecule has 250 valence electrons. The van der Waals surface area contributed by atoms with Gasteiger partial charge in [-0.25, -0.2) is 0 Å². The van der Waals surface area contributed by atoms with Crippen molar-refractivity contribution in [3.63, 3.8) is 0 Å². The molecule has 0 bridgehead atoms. The van der Waals surface area contributed by atoms with Gasteiger partial charge in [0.15, 0.2) is 0 Å². The van der Waals surface area contributed by atoms with Gasteiger partial charge in [-0.15, -0.1) is 0 Å². The number of hydrogen-bond donors (Lipinski definition) is 5. The summed E-state index contributed by atoms with van der Waals surface area (Å²) in [6, 6.07) is 0.601. The molecule has 0 aromatic rings. The van der Waals surface area contributed by atoms with Crippen molar-refractivity contribution in [3.05, 3.63) is 96.0 Å². The van der Waals surface area contributed by atoms with Crippen LogP contribution in [0.4, 0.5) is 0 Å². The van der Waals surface area contributed by atoms with Crippen LogP contribution in [0.2, 0.25) is 0 Å². The zero-order chi connectivity index (χ0) is 33.1. The minimum absolute atomic E-state index is 0.0993. The third-order valence-electron chi connectivity index (χ3n) is 9.82. The van der Waals surface area contributed by atoms with E-state index in [1.54, 1.807) is 6.20 Å². The van der Waals surface area contributed by atoms with Gasteiger partial charge in [0, 0.05) is 42.2 Å². The topological polar surface area (TPSA) is 68.3 Å². The first-order valence-electron chi connectivity index (χ1n) is 17.3. The quantitative estimate of drug-likeness (QED) is 0.108. The summed E-state index contributed by atoms with van der Waals surface area (Å²) >= 11 is 0. The molecule has 0 saturated heterocycles. The first kappa shape index (κ1) is 36.9. The number of hydrogen-bond acceptors (Lipinski definition) is 5. The summed E-state index contributed by atoms with van der Waals surface area (Å²) in [5.74, 6) is 0.229. The van der Waals surface area contributed by atoms with E-state index in [-0.39, 0.29) is 35.4 Å². The lowest BCUT2D eigenvalue weighted by Gasteiger charge is -2.46. The van der Waals surface area contributed by atoms with Crippen molar-refractivity contribution in [1.82, 2.24) is 21.3 Å². The number of allylic oxidation sites excluding steroid dienone is 7. The second-order valence-corrected chi connectivity index (χ2v) is 14.9. The highest BCUT2D eigenvalue weighted by Crippen LogP contribution is 2.37. The van der Waals surface area contributed by atoms with Gasteiger partial charge in [-0.3, -0.25) is 0 Å². The van der Waals surface area contributed by atoms with Gasteiger partial charge in [-0.2, -0.15) is 0 Å². The van der Waals surface area contributed by atoms with E-state index in [1.807, 2.05) is 7.05 Å². The maximum Gasteiger partial charge on any atom is 0.0636 e. The van der Waals surface area contributed by atoms with Crippen molar-refractivity contribution in [2.75, 3.05) is 20.1 Å². The Morgan fingerprint density at radius 1 is 1.13 bits per heavy atom. The van der Waals surface area contributed by atoms with Crippen LogP contribution >= 0.6 is 0 Å². The fourth-order valence-electron chi connectivity index (χ4n) is 7.40. The van der Waals surface area contributed by atoms with Gasteiger partial charge in [0.1, 0.15) is 0 Å². The second-order valence-electron chi connectivity index (χ2n) is 14.9. The first-order valence-corrected chi connectivity index (χ1v) is 17.3. The maximum absolute atomic E-state index is 11.7. The highest BCUT2D eigenvalue weighted by Gasteiger charge is 2.42.